The number of hydrogen-bond acceptors (Lipinski definition) is 6. The average molecular weight is 263 g/mol. The maximum Gasteiger partial charge on any atom is 0.342 e. The second-order valence-corrected chi connectivity index (χ2v) is 3.47. The minimum absolute atomic E-state index is 0.135. The highest BCUT2D eigenvalue weighted by Gasteiger charge is 2.15. The third-order valence-corrected chi connectivity index (χ3v) is 2.14. The highest BCUT2D eigenvalue weighted by molar-refractivity contribution is 5.94. The van der Waals surface area contributed by atoms with Crippen LogP contribution in [-0.2, 0) is 9.53 Å². The first-order chi connectivity index (χ1) is 9.08. The van der Waals surface area contributed by atoms with E-state index in [4.69, 9.17) is 20.5 Å². The summed E-state index contributed by atoms with van der Waals surface area (Å²) in [6.07, 6.45) is 0. The second-order valence-electron chi connectivity index (χ2n) is 3.47. The number of anilines is 1. The van der Waals surface area contributed by atoms with Gasteiger partial charge < -0.3 is 20.5 Å². The molecule has 0 radical (unpaired) electrons. The molecule has 0 spiro atoms. The molecule has 0 heterocycles. The summed E-state index contributed by atoms with van der Waals surface area (Å²) in [5, 5.41) is 10.5. The summed E-state index contributed by atoms with van der Waals surface area (Å²) in [4.78, 5) is 22.9. The number of methoxy groups -OCH3 is 1. The number of rotatable bonds is 5. The van der Waals surface area contributed by atoms with Gasteiger partial charge in [-0.05, 0) is 18.2 Å². The van der Waals surface area contributed by atoms with Crippen LogP contribution in [0.15, 0.2) is 18.2 Å². The highest BCUT2D eigenvalue weighted by Crippen LogP contribution is 2.21. The third-order valence-electron chi connectivity index (χ3n) is 2.14. The third kappa shape index (κ3) is 4.20. The van der Waals surface area contributed by atoms with Gasteiger partial charge in [-0.15, -0.1) is 0 Å². The van der Waals surface area contributed by atoms with Crippen molar-refractivity contribution < 1.29 is 19.1 Å². The molecule has 19 heavy (non-hydrogen) atoms. The number of nitrogens with one attached hydrogen (secondary N) is 1. The predicted molar refractivity (Wildman–Crippen MR) is 66.3 cm³/mol. The molecule has 1 amide bonds. The van der Waals surface area contributed by atoms with Crippen LogP contribution >= 0.6 is 0 Å². The minimum Gasteiger partial charge on any atom is -0.496 e. The van der Waals surface area contributed by atoms with E-state index < -0.39 is 18.5 Å². The molecule has 0 unspecified atom stereocenters. The van der Waals surface area contributed by atoms with Crippen LogP contribution in [0.3, 0.4) is 0 Å². The van der Waals surface area contributed by atoms with Crippen molar-refractivity contribution >= 4 is 17.6 Å². The Morgan fingerprint density at radius 2 is 2.21 bits per heavy atom. The Bertz CT molecular complexity index is 522. The number of benzene rings is 1. The normalized spacial score (nSPS) is 9.26. The molecule has 0 saturated heterocycles. The molecule has 1 rings (SSSR count). The average Bonchev–Trinajstić information content (AvgIpc) is 2.42. The fraction of sp³-hybridized carbons (Fsp3) is 0.250. The molecule has 1 aromatic carbocycles. The van der Waals surface area contributed by atoms with Gasteiger partial charge in [-0.1, -0.05) is 0 Å². The summed E-state index contributed by atoms with van der Waals surface area (Å²) >= 11 is 0. The summed E-state index contributed by atoms with van der Waals surface area (Å²) in [5.41, 5.74) is 6.07. The quantitative estimate of drug-likeness (QED) is 0.441. The topological polar surface area (TPSA) is 114 Å². The predicted octanol–water partition coefficient (Wildman–Crippen LogP) is 0.0740. The number of hydrogen-bond donors (Lipinski definition) is 2. The molecular weight excluding hydrogens is 250 g/mol. The van der Waals surface area contributed by atoms with Crippen LogP contribution in [0.4, 0.5) is 5.69 Å². The minimum atomic E-state index is -0.726. The van der Waals surface area contributed by atoms with E-state index in [1.54, 1.807) is 12.1 Å². The first kappa shape index (κ1) is 14.3. The standard InChI is InChI=1S/C12H13N3O4/c1-18-10-3-2-8(14)6-9(10)12(17)19-7-11(16)15-5-4-13/h2-3,6H,5,7,14H2,1H3,(H,15,16). The number of ether oxygens (including phenoxy) is 2. The van der Waals surface area contributed by atoms with Gasteiger partial charge in [0, 0.05) is 5.69 Å². The van der Waals surface area contributed by atoms with E-state index in [1.807, 2.05) is 0 Å². The summed E-state index contributed by atoms with van der Waals surface area (Å²) < 4.78 is 9.78. The number of nitrogens with two attached hydrogens (primary N) is 1. The molecular formula is C12H13N3O4. The Morgan fingerprint density at radius 1 is 1.47 bits per heavy atom. The van der Waals surface area contributed by atoms with E-state index in [1.165, 1.54) is 19.2 Å². The molecule has 0 aliphatic rings. The van der Waals surface area contributed by atoms with Crippen LogP contribution in [0.5, 0.6) is 5.75 Å². The molecule has 0 aliphatic heterocycles. The Balaban J connectivity index is 2.66. The largest absolute Gasteiger partial charge is 0.496 e. The van der Waals surface area contributed by atoms with Crippen LogP contribution < -0.4 is 15.8 Å². The molecule has 7 nitrogen and oxygen atoms in total. The molecule has 0 bridgehead atoms. The summed E-state index contributed by atoms with van der Waals surface area (Å²) in [5.74, 6) is -0.981. The van der Waals surface area contributed by atoms with E-state index >= 15 is 0 Å². The van der Waals surface area contributed by atoms with Crippen LogP contribution in [0.2, 0.25) is 0 Å². The van der Waals surface area contributed by atoms with E-state index in [-0.39, 0.29) is 12.1 Å². The Morgan fingerprint density at radius 3 is 2.84 bits per heavy atom. The van der Waals surface area contributed by atoms with Crippen molar-refractivity contribution in [2.45, 2.75) is 0 Å². The lowest BCUT2D eigenvalue weighted by Gasteiger charge is -2.09. The fourth-order valence-electron chi connectivity index (χ4n) is 1.28. The number of amides is 1. The van der Waals surface area contributed by atoms with Gasteiger partial charge in [-0.25, -0.2) is 4.79 Å². The fourth-order valence-corrected chi connectivity index (χ4v) is 1.28. The molecule has 100 valence electrons. The zero-order valence-corrected chi connectivity index (χ0v) is 10.3. The number of nitrogens with zero attached hydrogens (tertiary/aromatic N) is 1. The van der Waals surface area contributed by atoms with Gasteiger partial charge in [0.1, 0.15) is 17.9 Å². The number of carbonyl (C=O) groups excluding carboxylic acids is 2. The van der Waals surface area contributed by atoms with Gasteiger partial charge in [-0.2, -0.15) is 5.26 Å². The molecule has 3 N–H and O–H groups in total. The number of esters is 1. The smallest absolute Gasteiger partial charge is 0.342 e. The number of nitrogen functional groups attached to an aromatic ring is 1. The lowest BCUT2D eigenvalue weighted by Crippen LogP contribution is -2.29. The van der Waals surface area contributed by atoms with Crippen molar-refractivity contribution in [2.75, 3.05) is 26.0 Å². The zero-order chi connectivity index (χ0) is 14.3. The van der Waals surface area contributed by atoms with Gasteiger partial charge in [0.05, 0.1) is 13.2 Å². The van der Waals surface area contributed by atoms with Crippen LogP contribution in [0.25, 0.3) is 0 Å². The highest BCUT2D eigenvalue weighted by atomic mass is 16.5. The summed E-state index contributed by atoms with van der Waals surface area (Å²) in [6.45, 7) is -0.615. The lowest BCUT2D eigenvalue weighted by molar-refractivity contribution is -0.123. The summed E-state index contributed by atoms with van der Waals surface area (Å²) in [7, 11) is 1.40. The Hall–Kier alpha value is -2.75. The van der Waals surface area contributed by atoms with Crippen LogP contribution in [-0.4, -0.2) is 32.1 Å². The van der Waals surface area contributed by atoms with Crippen molar-refractivity contribution in [3.05, 3.63) is 23.8 Å². The van der Waals surface area contributed by atoms with Crippen molar-refractivity contribution in [3.8, 4) is 11.8 Å². The van der Waals surface area contributed by atoms with Crippen molar-refractivity contribution in [2.24, 2.45) is 0 Å². The van der Waals surface area contributed by atoms with Gasteiger partial charge in [0.25, 0.3) is 5.91 Å². The van der Waals surface area contributed by atoms with E-state index in [0.29, 0.717) is 11.4 Å². The molecule has 0 aromatic heterocycles. The zero-order valence-electron chi connectivity index (χ0n) is 10.3. The van der Waals surface area contributed by atoms with Gasteiger partial charge in [-0.3, -0.25) is 4.79 Å². The van der Waals surface area contributed by atoms with Gasteiger partial charge in [0.2, 0.25) is 0 Å². The van der Waals surface area contributed by atoms with Crippen LogP contribution in [0.1, 0.15) is 10.4 Å². The number of carbonyl (C=O) groups is 2. The van der Waals surface area contributed by atoms with Crippen molar-refractivity contribution in [3.63, 3.8) is 0 Å². The maximum absolute atomic E-state index is 11.8. The molecule has 0 saturated carbocycles. The first-order valence-electron chi connectivity index (χ1n) is 5.32. The Kier molecular flexibility index (Phi) is 5.17. The monoisotopic (exact) mass is 263 g/mol. The van der Waals surface area contributed by atoms with Gasteiger partial charge >= 0.3 is 5.97 Å². The van der Waals surface area contributed by atoms with E-state index in [0.717, 1.165) is 0 Å². The first-order valence-corrected chi connectivity index (χ1v) is 5.32. The van der Waals surface area contributed by atoms with E-state index in [9.17, 15) is 9.59 Å². The lowest BCUT2D eigenvalue weighted by atomic mass is 10.2. The molecule has 0 aliphatic carbocycles. The Labute approximate surface area is 109 Å². The summed E-state index contributed by atoms with van der Waals surface area (Å²) in [6, 6.07) is 6.24. The van der Waals surface area contributed by atoms with Crippen molar-refractivity contribution in [1.29, 1.82) is 5.26 Å². The SMILES string of the molecule is COc1ccc(N)cc1C(=O)OCC(=O)NCC#N. The number of nitriles is 1. The molecule has 0 fully saturated rings. The van der Waals surface area contributed by atoms with Crippen molar-refractivity contribution in [1.82, 2.24) is 5.32 Å². The van der Waals surface area contributed by atoms with E-state index in [2.05, 4.69) is 5.32 Å². The molecule has 0 atom stereocenters. The second kappa shape index (κ2) is 6.86. The molecule has 1 aromatic rings. The van der Waals surface area contributed by atoms with Gasteiger partial charge in [0.15, 0.2) is 6.61 Å². The van der Waals surface area contributed by atoms with Crippen LogP contribution in [0, 0.1) is 11.3 Å². The molecule has 7 heteroatoms. The maximum atomic E-state index is 11.8.